The molecule has 1 heterocycles. The first kappa shape index (κ1) is 17.6. The summed E-state index contributed by atoms with van der Waals surface area (Å²) in [5.74, 6) is 2.21. The van der Waals surface area contributed by atoms with Crippen LogP contribution in [-0.4, -0.2) is 26.8 Å². The summed E-state index contributed by atoms with van der Waals surface area (Å²) in [5, 5.41) is 0. The second-order valence-corrected chi connectivity index (χ2v) is 5.56. The predicted molar refractivity (Wildman–Crippen MR) is 99.2 cm³/mol. The van der Waals surface area contributed by atoms with Crippen molar-refractivity contribution in [1.29, 1.82) is 0 Å². The summed E-state index contributed by atoms with van der Waals surface area (Å²) in [6.45, 7) is 2.53. The number of benzene rings is 2. The van der Waals surface area contributed by atoms with Crippen LogP contribution in [0.5, 0.6) is 17.2 Å². The van der Waals surface area contributed by atoms with Gasteiger partial charge in [0.15, 0.2) is 0 Å². The molecular formula is C21H20O5. The van der Waals surface area contributed by atoms with E-state index in [-0.39, 0.29) is 0 Å². The highest BCUT2D eigenvalue weighted by Crippen LogP contribution is 2.31. The number of carbonyl (C=O) groups is 1. The van der Waals surface area contributed by atoms with Crippen molar-refractivity contribution in [3.63, 3.8) is 0 Å². The molecule has 0 N–H and O–H groups in total. The van der Waals surface area contributed by atoms with E-state index in [1.165, 1.54) is 0 Å². The first-order valence-corrected chi connectivity index (χ1v) is 8.25. The van der Waals surface area contributed by atoms with Crippen LogP contribution in [-0.2, 0) is 9.53 Å². The van der Waals surface area contributed by atoms with Crippen LogP contribution in [0.3, 0.4) is 0 Å². The van der Waals surface area contributed by atoms with E-state index in [9.17, 15) is 4.79 Å². The molecule has 0 fully saturated rings. The van der Waals surface area contributed by atoms with Crippen molar-refractivity contribution >= 4 is 17.8 Å². The monoisotopic (exact) mass is 352 g/mol. The molecule has 0 radical (unpaired) electrons. The van der Waals surface area contributed by atoms with Gasteiger partial charge in [-0.3, -0.25) is 0 Å². The molecule has 0 saturated heterocycles. The van der Waals surface area contributed by atoms with Gasteiger partial charge in [-0.25, -0.2) is 4.79 Å². The second kappa shape index (κ2) is 7.78. The van der Waals surface area contributed by atoms with Gasteiger partial charge in [-0.2, -0.15) is 0 Å². The van der Waals surface area contributed by atoms with Crippen LogP contribution in [0.2, 0.25) is 0 Å². The van der Waals surface area contributed by atoms with Crippen LogP contribution >= 0.6 is 0 Å². The van der Waals surface area contributed by atoms with E-state index in [0.717, 1.165) is 16.9 Å². The Hall–Kier alpha value is -3.21. The number of hydrogen-bond acceptors (Lipinski definition) is 5. The van der Waals surface area contributed by atoms with E-state index in [1.807, 2.05) is 37.3 Å². The first-order chi connectivity index (χ1) is 12.6. The smallest absolute Gasteiger partial charge is 0.343 e. The van der Waals surface area contributed by atoms with Crippen LogP contribution in [0.25, 0.3) is 11.8 Å². The first-order valence-electron chi connectivity index (χ1n) is 8.25. The number of hydrogen-bond donors (Lipinski definition) is 0. The van der Waals surface area contributed by atoms with Crippen molar-refractivity contribution in [3.05, 3.63) is 65.2 Å². The highest BCUT2D eigenvalue weighted by Gasteiger charge is 2.22. The molecule has 5 nitrogen and oxygen atoms in total. The lowest BCUT2D eigenvalue weighted by atomic mass is 10.1. The summed E-state index contributed by atoms with van der Waals surface area (Å²) < 4.78 is 21.4. The molecule has 0 aliphatic carbocycles. The third-order valence-electron chi connectivity index (χ3n) is 3.92. The lowest BCUT2D eigenvalue weighted by molar-refractivity contribution is -0.130. The van der Waals surface area contributed by atoms with Gasteiger partial charge in [0.25, 0.3) is 0 Å². The van der Waals surface area contributed by atoms with Gasteiger partial charge < -0.3 is 18.9 Å². The maximum atomic E-state index is 12.2. The highest BCUT2D eigenvalue weighted by molar-refractivity contribution is 6.05. The van der Waals surface area contributed by atoms with Gasteiger partial charge in [-0.15, -0.1) is 0 Å². The standard InChI is InChI=1S/C21H20O5/c1-4-25-17-7-5-14(6-8-17)20-13-16(21(22)26-20)11-15-12-18(23-2)9-10-19(15)24-3/h5-13H,4H2,1-3H3/b16-11+. The summed E-state index contributed by atoms with van der Waals surface area (Å²) >= 11 is 0. The summed E-state index contributed by atoms with van der Waals surface area (Å²) in [5.41, 5.74) is 1.99. The highest BCUT2D eigenvalue weighted by atomic mass is 16.5. The van der Waals surface area contributed by atoms with Crippen LogP contribution in [0.15, 0.2) is 54.1 Å². The normalized spacial score (nSPS) is 14.8. The second-order valence-electron chi connectivity index (χ2n) is 5.56. The van der Waals surface area contributed by atoms with Crippen molar-refractivity contribution in [2.24, 2.45) is 0 Å². The minimum absolute atomic E-state index is 0.404. The molecule has 0 spiro atoms. The number of carbonyl (C=O) groups excluding carboxylic acids is 1. The number of rotatable bonds is 6. The van der Waals surface area contributed by atoms with Crippen molar-refractivity contribution in [3.8, 4) is 17.2 Å². The van der Waals surface area contributed by atoms with E-state index in [0.29, 0.717) is 29.4 Å². The van der Waals surface area contributed by atoms with Gasteiger partial charge in [0.2, 0.25) is 0 Å². The Morgan fingerprint density at radius 3 is 2.38 bits per heavy atom. The minimum atomic E-state index is -0.404. The fourth-order valence-corrected chi connectivity index (χ4v) is 2.63. The zero-order chi connectivity index (χ0) is 18.5. The molecule has 0 amide bonds. The number of ether oxygens (including phenoxy) is 4. The van der Waals surface area contributed by atoms with Gasteiger partial charge in [0, 0.05) is 11.1 Å². The van der Waals surface area contributed by atoms with Crippen LogP contribution in [0.1, 0.15) is 18.1 Å². The SMILES string of the molecule is CCOc1ccc(C2=C/C(=C\c3cc(OC)ccc3OC)C(=O)O2)cc1. The molecule has 0 atom stereocenters. The molecule has 2 aromatic rings. The lowest BCUT2D eigenvalue weighted by Gasteiger charge is -2.07. The lowest BCUT2D eigenvalue weighted by Crippen LogP contribution is -1.98. The Bertz CT molecular complexity index is 862. The zero-order valence-electron chi connectivity index (χ0n) is 14.9. The number of methoxy groups -OCH3 is 2. The van der Waals surface area contributed by atoms with Gasteiger partial charge in [-0.1, -0.05) is 0 Å². The quantitative estimate of drug-likeness (QED) is 0.579. The van der Waals surface area contributed by atoms with E-state index >= 15 is 0 Å². The van der Waals surface area contributed by atoms with Gasteiger partial charge in [0.05, 0.1) is 26.4 Å². The fraction of sp³-hybridized carbons (Fsp3) is 0.190. The van der Waals surface area contributed by atoms with Crippen molar-refractivity contribution in [2.45, 2.75) is 6.92 Å². The molecule has 1 aliphatic heterocycles. The molecule has 0 aromatic heterocycles. The van der Waals surface area contributed by atoms with E-state index < -0.39 is 5.97 Å². The average molecular weight is 352 g/mol. The molecule has 2 aromatic carbocycles. The summed E-state index contributed by atoms with van der Waals surface area (Å²) in [4.78, 5) is 12.2. The molecule has 5 heteroatoms. The molecule has 3 rings (SSSR count). The molecular weight excluding hydrogens is 332 g/mol. The zero-order valence-corrected chi connectivity index (χ0v) is 14.9. The Morgan fingerprint density at radius 1 is 1.00 bits per heavy atom. The minimum Gasteiger partial charge on any atom is -0.497 e. The van der Waals surface area contributed by atoms with Crippen molar-refractivity contribution < 1.29 is 23.7 Å². The Balaban J connectivity index is 1.91. The average Bonchev–Trinajstić information content (AvgIpc) is 3.03. The van der Waals surface area contributed by atoms with E-state index in [1.54, 1.807) is 38.5 Å². The van der Waals surface area contributed by atoms with Crippen molar-refractivity contribution in [2.75, 3.05) is 20.8 Å². The molecule has 26 heavy (non-hydrogen) atoms. The fourth-order valence-electron chi connectivity index (χ4n) is 2.63. The van der Waals surface area contributed by atoms with Gasteiger partial charge in [0.1, 0.15) is 23.0 Å². The maximum absolute atomic E-state index is 12.2. The van der Waals surface area contributed by atoms with Crippen LogP contribution in [0, 0.1) is 0 Å². The Kier molecular flexibility index (Phi) is 5.27. The van der Waals surface area contributed by atoms with E-state index in [2.05, 4.69) is 0 Å². The van der Waals surface area contributed by atoms with Gasteiger partial charge in [-0.05, 0) is 61.5 Å². The summed E-state index contributed by atoms with van der Waals surface area (Å²) in [7, 11) is 3.17. The van der Waals surface area contributed by atoms with Crippen LogP contribution < -0.4 is 14.2 Å². The van der Waals surface area contributed by atoms with Crippen LogP contribution in [0.4, 0.5) is 0 Å². The van der Waals surface area contributed by atoms with Gasteiger partial charge >= 0.3 is 5.97 Å². The summed E-state index contributed by atoms with van der Waals surface area (Å²) in [6.07, 6.45) is 3.45. The largest absolute Gasteiger partial charge is 0.497 e. The van der Waals surface area contributed by atoms with Crippen molar-refractivity contribution in [1.82, 2.24) is 0 Å². The topological polar surface area (TPSA) is 54.0 Å². The Labute approximate surface area is 152 Å². The van der Waals surface area contributed by atoms with E-state index in [4.69, 9.17) is 18.9 Å². The third kappa shape index (κ3) is 3.72. The molecule has 134 valence electrons. The molecule has 0 unspecified atom stereocenters. The Morgan fingerprint density at radius 2 is 1.73 bits per heavy atom. The molecule has 1 aliphatic rings. The molecule has 0 saturated carbocycles. The number of cyclic esters (lactones) is 1. The third-order valence-corrected chi connectivity index (χ3v) is 3.92. The maximum Gasteiger partial charge on any atom is 0.343 e. The number of esters is 1. The summed E-state index contributed by atoms with van der Waals surface area (Å²) in [6, 6.07) is 12.8. The molecule has 0 bridgehead atoms. The predicted octanol–water partition coefficient (Wildman–Crippen LogP) is 4.08.